The number of amides is 2. The minimum Gasteiger partial charge on any atom is -0.335 e. The number of hydrogen-bond acceptors (Lipinski definition) is 2. The van der Waals surface area contributed by atoms with Crippen molar-refractivity contribution in [1.29, 1.82) is 0 Å². The molecule has 1 saturated carbocycles. The Balaban J connectivity index is 1.58. The number of carbonyl (C=O) groups is 1. The number of urea groups is 1. The summed E-state index contributed by atoms with van der Waals surface area (Å²) in [5.41, 5.74) is 4.20. The van der Waals surface area contributed by atoms with Gasteiger partial charge in [0.25, 0.3) is 0 Å². The maximum atomic E-state index is 13.5. The molecule has 0 bridgehead atoms. The molecule has 5 heteroatoms. The first-order valence-electron chi connectivity index (χ1n) is 11.0. The lowest BCUT2D eigenvalue weighted by atomic mass is 9.94. The van der Waals surface area contributed by atoms with Gasteiger partial charge in [-0.3, -0.25) is 0 Å². The Bertz CT molecular complexity index is 875. The van der Waals surface area contributed by atoms with Gasteiger partial charge in [-0.2, -0.15) is 0 Å². The maximum Gasteiger partial charge on any atom is 0.318 e. The number of rotatable bonds is 2. The van der Waals surface area contributed by atoms with E-state index in [1.807, 2.05) is 11.3 Å². The van der Waals surface area contributed by atoms with Crippen LogP contribution in [0.5, 0.6) is 0 Å². The molecule has 0 saturated heterocycles. The molecule has 1 fully saturated rings. The van der Waals surface area contributed by atoms with Crippen LogP contribution in [0.2, 0.25) is 0 Å². The summed E-state index contributed by atoms with van der Waals surface area (Å²) >= 11 is 1.96. The monoisotopic (exact) mass is 397 g/mol. The smallest absolute Gasteiger partial charge is 0.318 e. The van der Waals surface area contributed by atoms with E-state index in [0.717, 1.165) is 19.4 Å². The van der Waals surface area contributed by atoms with Crippen LogP contribution in [-0.4, -0.2) is 21.5 Å². The Hall–Kier alpha value is -1.75. The molecule has 3 heterocycles. The van der Waals surface area contributed by atoms with E-state index >= 15 is 0 Å². The van der Waals surface area contributed by atoms with Crippen molar-refractivity contribution in [3.05, 3.63) is 40.0 Å². The van der Waals surface area contributed by atoms with Gasteiger partial charge in [0.15, 0.2) is 0 Å². The number of carbonyl (C=O) groups excluding carboxylic acids is 1. The summed E-state index contributed by atoms with van der Waals surface area (Å²) in [6, 6.07) is 4.95. The Labute approximate surface area is 171 Å². The van der Waals surface area contributed by atoms with Gasteiger partial charge in [0.05, 0.1) is 12.6 Å². The summed E-state index contributed by atoms with van der Waals surface area (Å²) in [7, 11) is 0. The average molecular weight is 398 g/mol. The summed E-state index contributed by atoms with van der Waals surface area (Å²) < 4.78 is 2.38. The molecule has 2 aliphatic carbocycles. The Kier molecular flexibility index (Phi) is 4.74. The number of nitrogens with one attached hydrogen (secondary N) is 1. The maximum absolute atomic E-state index is 13.5. The molecule has 28 heavy (non-hydrogen) atoms. The summed E-state index contributed by atoms with van der Waals surface area (Å²) in [4.78, 5) is 17.2. The van der Waals surface area contributed by atoms with Gasteiger partial charge in [-0.05, 0) is 62.1 Å². The van der Waals surface area contributed by atoms with Crippen molar-refractivity contribution in [1.82, 2.24) is 14.8 Å². The van der Waals surface area contributed by atoms with Crippen LogP contribution in [0.3, 0.4) is 0 Å². The molecular formula is C23H31N3OS. The van der Waals surface area contributed by atoms with Crippen molar-refractivity contribution in [2.75, 3.05) is 0 Å². The quantitative estimate of drug-likeness (QED) is 0.705. The van der Waals surface area contributed by atoms with Gasteiger partial charge in [-0.1, -0.05) is 26.7 Å². The molecule has 150 valence electrons. The van der Waals surface area contributed by atoms with E-state index in [2.05, 4.69) is 47.0 Å². The highest BCUT2D eigenvalue weighted by Gasteiger charge is 2.37. The van der Waals surface area contributed by atoms with Crippen LogP contribution in [0.1, 0.15) is 80.1 Å². The first-order valence-corrected chi connectivity index (χ1v) is 11.8. The largest absolute Gasteiger partial charge is 0.335 e. The normalized spacial score (nSPS) is 22.0. The lowest BCUT2D eigenvalue weighted by Crippen LogP contribution is -2.46. The number of hydrogen-bond donors (Lipinski definition) is 1. The van der Waals surface area contributed by atoms with Crippen LogP contribution >= 0.6 is 11.3 Å². The molecule has 2 amide bonds. The molecule has 4 nitrogen and oxygen atoms in total. The lowest BCUT2D eigenvalue weighted by molar-refractivity contribution is 0.146. The molecule has 0 unspecified atom stereocenters. The van der Waals surface area contributed by atoms with Crippen LogP contribution in [0.25, 0.3) is 5.00 Å². The molecule has 0 aromatic carbocycles. The van der Waals surface area contributed by atoms with Crippen molar-refractivity contribution in [2.24, 2.45) is 5.92 Å². The van der Waals surface area contributed by atoms with E-state index in [1.165, 1.54) is 60.3 Å². The summed E-state index contributed by atoms with van der Waals surface area (Å²) in [5.74, 6) is 0.368. The van der Waals surface area contributed by atoms with Gasteiger partial charge in [0, 0.05) is 28.4 Å². The second kappa shape index (κ2) is 7.25. The second-order valence-electron chi connectivity index (χ2n) is 9.05. The topological polar surface area (TPSA) is 37.3 Å². The fourth-order valence-electron chi connectivity index (χ4n) is 5.45. The summed E-state index contributed by atoms with van der Waals surface area (Å²) in [6.07, 6.45) is 11.9. The van der Waals surface area contributed by atoms with Gasteiger partial charge in [0.2, 0.25) is 0 Å². The van der Waals surface area contributed by atoms with Crippen molar-refractivity contribution in [3.8, 4) is 5.00 Å². The van der Waals surface area contributed by atoms with Gasteiger partial charge in [-0.15, -0.1) is 11.3 Å². The Morgan fingerprint density at radius 2 is 1.93 bits per heavy atom. The fourth-order valence-corrected chi connectivity index (χ4v) is 6.85. The zero-order chi connectivity index (χ0) is 19.3. The van der Waals surface area contributed by atoms with Gasteiger partial charge in [0.1, 0.15) is 5.00 Å². The van der Waals surface area contributed by atoms with E-state index in [0.29, 0.717) is 12.0 Å². The second-order valence-corrected chi connectivity index (χ2v) is 10.1. The summed E-state index contributed by atoms with van der Waals surface area (Å²) in [5, 5.41) is 4.72. The molecule has 3 aliphatic rings. The molecule has 2 aromatic rings. The standard InChI is InChI=1S/C23H31N3OS/c1-15(2)21-19-11-7-13-25(19)22-18(17-10-5-6-12-20(17)28-22)14-26(21)23(27)24-16-8-3-4-9-16/h7,11,13,15-16,21H,3-6,8-10,12,14H2,1-2H3,(H,24,27)/t21-/m1/s1. The van der Waals surface area contributed by atoms with Crippen LogP contribution < -0.4 is 5.32 Å². The van der Waals surface area contributed by atoms with Crippen molar-refractivity contribution in [2.45, 2.75) is 83.8 Å². The minimum atomic E-state index is 0.107. The molecular weight excluding hydrogens is 366 g/mol. The number of aromatic nitrogens is 1. The van der Waals surface area contributed by atoms with E-state index in [-0.39, 0.29) is 12.1 Å². The predicted octanol–water partition coefficient (Wildman–Crippen LogP) is 5.58. The molecule has 0 radical (unpaired) electrons. The van der Waals surface area contributed by atoms with Crippen LogP contribution in [0, 0.1) is 5.92 Å². The third kappa shape index (κ3) is 2.99. The van der Waals surface area contributed by atoms with E-state index in [4.69, 9.17) is 0 Å². The number of aryl methyl sites for hydroxylation is 1. The van der Waals surface area contributed by atoms with Crippen molar-refractivity contribution in [3.63, 3.8) is 0 Å². The third-order valence-corrected chi connectivity index (χ3v) is 8.13. The third-order valence-electron chi connectivity index (χ3n) is 6.80. The molecule has 0 spiro atoms. The van der Waals surface area contributed by atoms with E-state index in [9.17, 15) is 4.79 Å². The van der Waals surface area contributed by atoms with Crippen LogP contribution in [-0.2, 0) is 19.4 Å². The number of nitrogens with zero attached hydrogens (tertiary/aromatic N) is 2. The van der Waals surface area contributed by atoms with E-state index in [1.54, 1.807) is 4.88 Å². The fraction of sp³-hybridized carbons (Fsp3) is 0.609. The highest BCUT2D eigenvalue weighted by molar-refractivity contribution is 7.15. The zero-order valence-electron chi connectivity index (χ0n) is 17.0. The van der Waals surface area contributed by atoms with Crippen LogP contribution in [0.4, 0.5) is 4.79 Å². The molecule has 2 aromatic heterocycles. The van der Waals surface area contributed by atoms with Gasteiger partial charge >= 0.3 is 6.03 Å². The van der Waals surface area contributed by atoms with E-state index < -0.39 is 0 Å². The minimum absolute atomic E-state index is 0.107. The van der Waals surface area contributed by atoms with Gasteiger partial charge in [-0.25, -0.2) is 4.79 Å². The number of fused-ring (bicyclic) bond motifs is 5. The number of thiophene rings is 1. The molecule has 1 aliphatic heterocycles. The van der Waals surface area contributed by atoms with Crippen molar-refractivity contribution < 1.29 is 4.79 Å². The first-order chi connectivity index (χ1) is 13.6. The first kappa shape index (κ1) is 18.3. The van der Waals surface area contributed by atoms with Gasteiger partial charge < -0.3 is 14.8 Å². The highest BCUT2D eigenvalue weighted by Crippen LogP contribution is 2.44. The highest BCUT2D eigenvalue weighted by atomic mass is 32.1. The molecule has 1 atom stereocenters. The van der Waals surface area contributed by atoms with Crippen molar-refractivity contribution >= 4 is 17.4 Å². The Morgan fingerprint density at radius 1 is 1.14 bits per heavy atom. The lowest BCUT2D eigenvalue weighted by Gasteiger charge is -2.34. The molecule has 1 N–H and O–H groups in total. The zero-order valence-corrected chi connectivity index (χ0v) is 17.9. The SMILES string of the molecule is CC(C)[C@@H]1c2cccn2-c2sc3c(c2CN1C(=O)NC1CCCC1)CCCC3. The Morgan fingerprint density at radius 3 is 2.71 bits per heavy atom. The summed E-state index contributed by atoms with van der Waals surface area (Å²) in [6.45, 7) is 5.23. The average Bonchev–Trinajstić information content (AvgIpc) is 3.40. The van der Waals surface area contributed by atoms with Crippen LogP contribution in [0.15, 0.2) is 18.3 Å². The predicted molar refractivity (Wildman–Crippen MR) is 114 cm³/mol. The molecule has 5 rings (SSSR count).